The number of anilines is 1. The summed E-state index contributed by atoms with van der Waals surface area (Å²) >= 11 is 1.56. The molecule has 1 aromatic rings. The van der Waals surface area contributed by atoms with Crippen LogP contribution in [0.15, 0.2) is 0 Å². The lowest BCUT2D eigenvalue weighted by atomic mass is 10.2. The van der Waals surface area contributed by atoms with Crippen LogP contribution < -0.4 is 5.32 Å². The Balaban J connectivity index is 2.32. The smallest absolute Gasteiger partial charge is 0.310 e. The van der Waals surface area contributed by atoms with Crippen molar-refractivity contribution in [2.75, 3.05) is 19.0 Å². The van der Waals surface area contributed by atoms with Crippen LogP contribution in [0.5, 0.6) is 0 Å². The molecule has 0 aromatic carbocycles. The van der Waals surface area contributed by atoms with Gasteiger partial charge in [0.25, 0.3) is 0 Å². The summed E-state index contributed by atoms with van der Waals surface area (Å²) in [7, 11) is 1.40. The van der Waals surface area contributed by atoms with E-state index in [4.69, 9.17) is 0 Å². The summed E-state index contributed by atoms with van der Waals surface area (Å²) < 4.78 is 4.66. The summed E-state index contributed by atoms with van der Waals surface area (Å²) in [5.74, 6) is -0.391. The number of hydrogen-bond donors (Lipinski definition) is 1. The standard InChI is InChI=1S/C12H21N3O2S/c1-4-5-6-7-10-14-15-12(18-10)13-8-9(2)11(16)17-3/h9H,4-8H2,1-3H3,(H,13,15). The van der Waals surface area contributed by atoms with E-state index in [1.54, 1.807) is 11.3 Å². The van der Waals surface area contributed by atoms with E-state index in [1.807, 2.05) is 6.92 Å². The van der Waals surface area contributed by atoms with Gasteiger partial charge < -0.3 is 10.1 Å². The average Bonchev–Trinajstić information content (AvgIpc) is 2.83. The quantitative estimate of drug-likeness (QED) is 0.581. The van der Waals surface area contributed by atoms with Crippen molar-refractivity contribution in [3.8, 4) is 0 Å². The lowest BCUT2D eigenvalue weighted by Crippen LogP contribution is -2.21. The molecule has 0 aliphatic carbocycles. The van der Waals surface area contributed by atoms with E-state index in [0.29, 0.717) is 6.54 Å². The van der Waals surface area contributed by atoms with E-state index >= 15 is 0 Å². The molecule has 6 heteroatoms. The largest absolute Gasteiger partial charge is 0.469 e. The SMILES string of the molecule is CCCCCc1nnc(NCC(C)C(=O)OC)s1. The third-order valence-corrected chi connectivity index (χ3v) is 3.56. The molecule has 0 saturated heterocycles. The van der Waals surface area contributed by atoms with Crippen molar-refractivity contribution in [3.05, 3.63) is 5.01 Å². The van der Waals surface area contributed by atoms with Gasteiger partial charge in [0.15, 0.2) is 0 Å². The maximum atomic E-state index is 11.2. The fourth-order valence-electron chi connectivity index (χ4n) is 1.48. The van der Waals surface area contributed by atoms with E-state index in [9.17, 15) is 4.79 Å². The Bertz CT molecular complexity index is 368. The number of aryl methyl sites for hydroxylation is 1. The van der Waals surface area contributed by atoms with Crippen LogP contribution >= 0.6 is 11.3 Å². The van der Waals surface area contributed by atoms with Crippen molar-refractivity contribution in [1.29, 1.82) is 0 Å². The van der Waals surface area contributed by atoms with Crippen LogP contribution in [0.2, 0.25) is 0 Å². The molecule has 5 nitrogen and oxygen atoms in total. The molecule has 0 bridgehead atoms. The van der Waals surface area contributed by atoms with Crippen LogP contribution in [0.3, 0.4) is 0 Å². The first kappa shape index (κ1) is 14.9. The van der Waals surface area contributed by atoms with E-state index in [-0.39, 0.29) is 11.9 Å². The summed E-state index contributed by atoms with van der Waals surface area (Å²) in [6, 6.07) is 0. The van der Waals surface area contributed by atoms with Crippen LogP contribution in [-0.4, -0.2) is 29.8 Å². The van der Waals surface area contributed by atoms with Gasteiger partial charge in [-0.05, 0) is 6.42 Å². The molecule has 0 spiro atoms. The van der Waals surface area contributed by atoms with Crippen molar-refractivity contribution in [3.63, 3.8) is 0 Å². The third kappa shape index (κ3) is 5.00. The Kier molecular flexibility index (Phi) is 6.64. The van der Waals surface area contributed by atoms with E-state index < -0.39 is 0 Å². The van der Waals surface area contributed by atoms with E-state index in [0.717, 1.165) is 23.0 Å². The average molecular weight is 271 g/mol. The van der Waals surface area contributed by atoms with Gasteiger partial charge in [-0.1, -0.05) is 38.0 Å². The third-order valence-electron chi connectivity index (χ3n) is 2.62. The molecule has 0 radical (unpaired) electrons. The highest BCUT2D eigenvalue weighted by atomic mass is 32.1. The van der Waals surface area contributed by atoms with Crippen molar-refractivity contribution < 1.29 is 9.53 Å². The molecular weight excluding hydrogens is 250 g/mol. The molecule has 0 fully saturated rings. The fraction of sp³-hybridized carbons (Fsp3) is 0.750. The van der Waals surface area contributed by atoms with Crippen molar-refractivity contribution in [1.82, 2.24) is 10.2 Å². The van der Waals surface area contributed by atoms with Gasteiger partial charge in [-0.3, -0.25) is 4.79 Å². The number of esters is 1. The van der Waals surface area contributed by atoms with Gasteiger partial charge in [0.05, 0.1) is 13.0 Å². The predicted octanol–water partition coefficient (Wildman–Crippen LogP) is 2.49. The Labute approximate surface area is 112 Å². The number of carbonyl (C=O) groups excluding carboxylic acids is 1. The first-order valence-electron chi connectivity index (χ1n) is 6.31. The summed E-state index contributed by atoms with van der Waals surface area (Å²) in [6.45, 7) is 4.53. The highest BCUT2D eigenvalue weighted by Gasteiger charge is 2.13. The second-order valence-corrected chi connectivity index (χ2v) is 5.33. The van der Waals surface area contributed by atoms with Crippen LogP contribution in [0.25, 0.3) is 0 Å². The summed E-state index contributed by atoms with van der Waals surface area (Å²) in [4.78, 5) is 11.2. The summed E-state index contributed by atoms with van der Waals surface area (Å²) in [6.07, 6.45) is 4.58. The molecule has 1 aromatic heterocycles. The van der Waals surface area contributed by atoms with Gasteiger partial charge in [-0.2, -0.15) is 0 Å². The number of hydrogen-bond acceptors (Lipinski definition) is 6. The Morgan fingerprint density at radius 3 is 2.89 bits per heavy atom. The lowest BCUT2D eigenvalue weighted by molar-refractivity contribution is -0.144. The Hall–Kier alpha value is -1.17. The highest BCUT2D eigenvalue weighted by molar-refractivity contribution is 7.15. The van der Waals surface area contributed by atoms with Gasteiger partial charge in [-0.25, -0.2) is 0 Å². The van der Waals surface area contributed by atoms with Crippen molar-refractivity contribution in [2.45, 2.75) is 39.5 Å². The van der Waals surface area contributed by atoms with Crippen LogP contribution in [0.4, 0.5) is 5.13 Å². The minimum atomic E-state index is -0.213. The predicted molar refractivity (Wildman–Crippen MR) is 72.8 cm³/mol. The molecule has 18 heavy (non-hydrogen) atoms. The van der Waals surface area contributed by atoms with Gasteiger partial charge >= 0.3 is 5.97 Å². The minimum Gasteiger partial charge on any atom is -0.469 e. The molecule has 1 unspecified atom stereocenters. The molecule has 1 heterocycles. The number of methoxy groups -OCH3 is 1. The first-order valence-corrected chi connectivity index (χ1v) is 7.13. The molecule has 1 N–H and O–H groups in total. The normalized spacial score (nSPS) is 12.2. The van der Waals surface area contributed by atoms with Gasteiger partial charge in [0, 0.05) is 13.0 Å². The molecule has 102 valence electrons. The summed E-state index contributed by atoms with van der Waals surface area (Å²) in [5.41, 5.74) is 0. The van der Waals surface area contributed by atoms with E-state index in [2.05, 4.69) is 27.2 Å². The maximum absolute atomic E-state index is 11.2. The zero-order chi connectivity index (χ0) is 13.4. The first-order chi connectivity index (χ1) is 8.67. The fourth-order valence-corrected chi connectivity index (χ4v) is 2.27. The maximum Gasteiger partial charge on any atom is 0.310 e. The molecule has 0 aliphatic heterocycles. The van der Waals surface area contributed by atoms with Crippen molar-refractivity contribution >= 4 is 22.4 Å². The monoisotopic (exact) mass is 271 g/mol. The zero-order valence-electron chi connectivity index (χ0n) is 11.2. The molecule has 0 aliphatic rings. The zero-order valence-corrected chi connectivity index (χ0v) is 12.0. The number of carbonyl (C=O) groups is 1. The molecule has 0 saturated carbocycles. The number of unbranched alkanes of at least 4 members (excludes halogenated alkanes) is 2. The molecule has 1 atom stereocenters. The van der Waals surface area contributed by atoms with Crippen molar-refractivity contribution in [2.24, 2.45) is 5.92 Å². The second kappa shape index (κ2) is 8.02. The summed E-state index contributed by atoms with van der Waals surface area (Å²) in [5, 5.41) is 13.1. The molecule has 0 amide bonds. The van der Waals surface area contributed by atoms with Gasteiger partial charge in [0.2, 0.25) is 5.13 Å². The second-order valence-electron chi connectivity index (χ2n) is 4.26. The van der Waals surface area contributed by atoms with Gasteiger partial charge in [0.1, 0.15) is 5.01 Å². The minimum absolute atomic E-state index is 0.178. The Morgan fingerprint density at radius 2 is 2.22 bits per heavy atom. The topological polar surface area (TPSA) is 64.1 Å². The van der Waals surface area contributed by atoms with E-state index in [1.165, 1.54) is 20.0 Å². The number of ether oxygens (including phenoxy) is 1. The molecule has 1 rings (SSSR count). The number of nitrogens with zero attached hydrogens (tertiary/aromatic N) is 2. The van der Waals surface area contributed by atoms with Gasteiger partial charge in [-0.15, -0.1) is 10.2 Å². The highest BCUT2D eigenvalue weighted by Crippen LogP contribution is 2.17. The lowest BCUT2D eigenvalue weighted by Gasteiger charge is -2.08. The van der Waals surface area contributed by atoms with Crippen LogP contribution in [0.1, 0.15) is 38.1 Å². The number of nitrogens with one attached hydrogen (secondary N) is 1. The number of rotatable bonds is 8. The number of aromatic nitrogens is 2. The molecular formula is C12H21N3O2S. The van der Waals surface area contributed by atoms with Crippen LogP contribution in [-0.2, 0) is 16.0 Å². The van der Waals surface area contributed by atoms with Crippen LogP contribution in [0, 0.1) is 5.92 Å². The Morgan fingerprint density at radius 1 is 1.44 bits per heavy atom.